The molecular formula is C17H25N3O5S. The summed E-state index contributed by atoms with van der Waals surface area (Å²) in [6.45, 7) is 3.01. The molecule has 1 heterocycles. The van der Waals surface area contributed by atoms with Gasteiger partial charge in [-0.25, -0.2) is 17.5 Å². The van der Waals surface area contributed by atoms with Crippen LogP contribution in [0.15, 0.2) is 29.2 Å². The van der Waals surface area contributed by atoms with E-state index >= 15 is 0 Å². The average molecular weight is 383 g/mol. The molecule has 0 bridgehead atoms. The van der Waals surface area contributed by atoms with Gasteiger partial charge in [0, 0.05) is 38.8 Å². The fourth-order valence-corrected chi connectivity index (χ4v) is 3.68. The fourth-order valence-electron chi connectivity index (χ4n) is 2.73. The van der Waals surface area contributed by atoms with Crippen LogP contribution in [0.4, 0.5) is 10.5 Å². The molecule has 1 aliphatic heterocycles. The van der Waals surface area contributed by atoms with Crippen molar-refractivity contribution in [1.29, 1.82) is 0 Å². The minimum absolute atomic E-state index is 0.123. The van der Waals surface area contributed by atoms with Crippen molar-refractivity contribution in [3.63, 3.8) is 0 Å². The van der Waals surface area contributed by atoms with Crippen molar-refractivity contribution in [1.82, 2.24) is 9.21 Å². The molecule has 0 saturated carbocycles. The maximum absolute atomic E-state index is 12.5. The second kappa shape index (κ2) is 8.50. The van der Waals surface area contributed by atoms with E-state index in [4.69, 9.17) is 4.74 Å². The largest absolute Gasteiger partial charge is 0.450 e. The van der Waals surface area contributed by atoms with Crippen LogP contribution in [-0.2, 0) is 19.6 Å². The zero-order valence-electron chi connectivity index (χ0n) is 15.3. The number of anilines is 1. The van der Waals surface area contributed by atoms with Gasteiger partial charge in [0.25, 0.3) is 0 Å². The molecule has 8 nitrogen and oxygen atoms in total. The SMILES string of the molecule is CCOC(=O)N1CCC(C(=O)Nc2cccc(S(=O)(=O)N(C)C)c2)CC1. The van der Waals surface area contributed by atoms with Crippen molar-refractivity contribution in [2.24, 2.45) is 5.92 Å². The Morgan fingerprint density at radius 2 is 1.92 bits per heavy atom. The van der Waals surface area contributed by atoms with E-state index in [1.165, 1.54) is 26.2 Å². The molecule has 0 aliphatic carbocycles. The predicted octanol–water partition coefficient (Wildman–Crippen LogP) is 1.74. The first kappa shape index (κ1) is 20.2. The third-order valence-electron chi connectivity index (χ3n) is 4.27. The highest BCUT2D eigenvalue weighted by Gasteiger charge is 2.28. The number of piperidine rings is 1. The van der Waals surface area contributed by atoms with Crippen molar-refractivity contribution in [2.75, 3.05) is 39.1 Å². The van der Waals surface area contributed by atoms with Crippen LogP contribution < -0.4 is 5.32 Å². The third-order valence-corrected chi connectivity index (χ3v) is 6.08. The summed E-state index contributed by atoms with van der Waals surface area (Å²) >= 11 is 0. The summed E-state index contributed by atoms with van der Waals surface area (Å²) < 4.78 is 30.5. The van der Waals surface area contributed by atoms with Gasteiger partial charge in [-0.15, -0.1) is 0 Å². The molecule has 0 spiro atoms. The molecule has 26 heavy (non-hydrogen) atoms. The summed E-state index contributed by atoms with van der Waals surface area (Å²) in [5.41, 5.74) is 0.436. The van der Waals surface area contributed by atoms with E-state index in [9.17, 15) is 18.0 Å². The molecule has 0 atom stereocenters. The van der Waals surface area contributed by atoms with Crippen LogP contribution in [0.2, 0.25) is 0 Å². The smallest absolute Gasteiger partial charge is 0.409 e. The number of carbonyl (C=O) groups excluding carboxylic acids is 2. The Morgan fingerprint density at radius 1 is 1.27 bits per heavy atom. The quantitative estimate of drug-likeness (QED) is 0.836. The normalized spacial score (nSPS) is 15.8. The van der Waals surface area contributed by atoms with Crippen molar-refractivity contribution >= 4 is 27.7 Å². The number of sulfonamides is 1. The Bertz CT molecular complexity index is 755. The number of hydrogen-bond donors (Lipinski definition) is 1. The standard InChI is InChI=1S/C17H25N3O5S/c1-4-25-17(22)20-10-8-13(9-11-20)16(21)18-14-6-5-7-15(12-14)26(23,24)19(2)3/h5-7,12-13H,4,8-11H2,1-3H3,(H,18,21). The zero-order chi connectivity index (χ0) is 19.3. The van der Waals surface area contributed by atoms with Gasteiger partial charge in [-0.3, -0.25) is 4.79 Å². The summed E-state index contributed by atoms with van der Waals surface area (Å²) in [7, 11) is -0.646. The molecule has 0 unspecified atom stereocenters. The topological polar surface area (TPSA) is 96.0 Å². The van der Waals surface area contributed by atoms with Gasteiger partial charge in [-0.05, 0) is 38.0 Å². The minimum Gasteiger partial charge on any atom is -0.450 e. The molecule has 1 N–H and O–H groups in total. The minimum atomic E-state index is -3.56. The lowest BCUT2D eigenvalue weighted by atomic mass is 9.96. The molecule has 2 rings (SSSR count). The Kier molecular flexibility index (Phi) is 6.60. The Morgan fingerprint density at radius 3 is 2.50 bits per heavy atom. The van der Waals surface area contributed by atoms with Crippen LogP contribution in [-0.4, -0.2) is 63.4 Å². The molecule has 1 aromatic rings. The third kappa shape index (κ3) is 4.73. The highest BCUT2D eigenvalue weighted by molar-refractivity contribution is 7.89. The number of nitrogens with one attached hydrogen (secondary N) is 1. The van der Waals surface area contributed by atoms with E-state index in [1.54, 1.807) is 24.0 Å². The van der Waals surface area contributed by atoms with Crippen LogP contribution in [0.1, 0.15) is 19.8 Å². The summed E-state index contributed by atoms with van der Waals surface area (Å²) in [6, 6.07) is 6.18. The number of rotatable bonds is 5. The number of nitrogens with zero attached hydrogens (tertiary/aromatic N) is 2. The average Bonchev–Trinajstić information content (AvgIpc) is 2.62. The first-order valence-electron chi connectivity index (χ1n) is 8.51. The summed E-state index contributed by atoms with van der Waals surface area (Å²) in [6.07, 6.45) is 0.730. The lowest BCUT2D eigenvalue weighted by Crippen LogP contribution is -2.41. The van der Waals surface area contributed by atoms with E-state index in [0.29, 0.717) is 38.2 Å². The number of carbonyl (C=O) groups is 2. The van der Waals surface area contributed by atoms with Gasteiger partial charge in [0.05, 0.1) is 11.5 Å². The number of likely N-dealkylation sites (tertiary alicyclic amines) is 1. The van der Waals surface area contributed by atoms with Crippen molar-refractivity contribution < 1.29 is 22.7 Å². The molecule has 9 heteroatoms. The number of ether oxygens (including phenoxy) is 1. The lowest BCUT2D eigenvalue weighted by Gasteiger charge is -2.30. The maximum Gasteiger partial charge on any atom is 0.409 e. The second-order valence-electron chi connectivity index (χ2n) is 6.26. The van der Waals surface area contributed by atoms with Gasteiger partial charge >= 0.3 is 6.09 Å². The Labute approximate surface area is 154 Å². The van der Waals surface area contributed by atoms with Gasteiger partial charge in [0.2, 0.25) is 15.9 Å². The zero-order valence-corrected chi connectivity index (χ0v) is 16.1. The molecule has 0 radical (unpaired) electrons. The summed E-state index contributed by atoms with van der Waals surface area (Å²) in [5, 5.41) is 2.78. The molecule has 1 saturated heterocycles. The van der Waals surface area contributed by atoms with E-state index in [0.717, 1.165) is 4.31 Å². The molecular weight excluding hydrogens is 358 g/mol. The van der Waals surface area contributed by atoms with Crippen LogP contribution in [0.3, 0.4) is 0 Å². The van der Waals surface area contributed by atoms with Crippen LogP contribution in [0.25, 0.3) is 0 Å². The second-order valence-corrected chi connectivity index (χ2v) is 8.42. The van der Waals surface area contributed by atoms with Crippen molar-refractivity contribution in [3.05, 3.63) is 24.3 Å². The van der Waals surface area contributed by atoms with E-state index in [2.05, 4.69) is 5.32 Å². The molecule has 1 fully saturated rings. The van der Waals surface area contributed by atoms with E-state index < -0.39 is 10.0 Å². The highest BCUT2D eigenvalue weighted by atomic mass is 32.2. The molecule has 2 amide bonds. The first-order chi connectivity index (χ1) is 12.3. The molecule has 1 aromatic carbocycles. The predicted molar refractivity (Wildman–Crippen MR) is 97.3 cm³/mol. The maximum atomic E-state index is 12.5. The van der Waals surface area contributed by atoms with Gasteiger partial charge in [-0.1, -0.05) is 6.07 Å². The Hall–Kier alpha value is -2.13. The van der Waals surface area contributed by atoms with Crippen LogP contribution in [0, 0.1) is 5.92 Å². The fraction of sp³-hybridized carbons (Fsp3) is 0.529. The van der Waals surface area contributed by atoms with Crippen LogP contribution >= 0.6 is 0 Å². The van der Waals surface area contributed by atoms with E-state index in [-0.39, 0.29) is 22.8 Å². The van der Waals surface area contributed by atoms with E-state index in [1.807, 2.05) is 0 Å². The highest BCUT2D eigenvalue weighted by Crippen LogP contribution is 2.22. The van der Waals surface area contributed by atoms with Crippen molar-refractivity contribution in [3.8, 4) is 0 Å². The van der Waals surface area contributed by atoms with Gasteiger partial charge < -0.3 is 15.0 Å². The van der Waals surface area contributed by atoms with Gasteiger partial charge in [0.1, 0.15) is 0 Å². The molecule has 0 aromatic heterocycles. The summed E-state index contributed by atoms with van der Waals surface area (Å²) in [4.78, 5) is 25.9. The van der Waals surface area contributed by atoms with Crippen molar-refractivity contribution in [2.45, 2.75) is 24.7 Å². The summed E-state index contributed by atoms with van der Waals surface area (Å²) in [5.74, 6) is -0.400. The van der Waals surface area contributed by atoms with Gasteiger partial charge in [-0.2, -0.15) is 0 Å². The van der Waals surface area contributed by atoms with Crippen LogP contribution in [0.5, 0.6) is 0 Å². The molecule has 1 aliphatic rings. The number of benzene rings is 1. The lowest BCUT2D eigenvalue weighted by molar-refractivity contribution is -0.121. The number of hydrogen-bond acceptors (Lipinski definition) is 5. The van der Waals surface area contributed by atoms with Gasteiger partial charge in [0.15, 0.2) is 0 Å². The number of amides is 2. The first-order valence-corrected chi connectivity index (χ1v) is 9.95. The monoisotopic (exact) mass is 383 g/mol. The molecule has 144 valence electrons. The Balaban J connectivity index is 1.98.